The van der Waals surface area contributed by atoms with Crippen LogP contribution in [0.4, 0.5) is 0 Å². The number of aryl methyl sites for hydroxylation is 1. The van der Waals surface area contributed by atoms with Crippen LogP contribution < -0.4 is 9.47 Å². The smallest absolute Gasteiger partial charge is 0.266 e. The topological polar surface area (TPSA) is 8.32 Å². The Morgan fingerprint density at radius 2 is 2.21 bits per heavy atom. The second-order valence-corrected chi connectivity index (χ2v) is 3.69. The van der Waals surface area contributed by atoms with Gasteiger partial charge in [0.25, 0.3) is 5.69 Å². The molecule has 0 fully saturated rings. The molecule has 1 aliphatic rings. The summed E-state index contributed by atoms with van der Waals surface area (Å²) in [4.78, 5) is 1.44. The lowest BCUT2D eigenvalue weighted by molar-refractivity contribution is -0.804. The molecule has 1 aliphatic heterocycles. The molecule has 1 N–H and O–H groups in total. The highest BCUT2D eigenvalue weighted by Gasteiger charge is 2.20. The van der Waals surface area contributed by atoms with Gasteiger partial charge in [0, 0.05) is 18.2 Å². The van der Waals surface area contributed by atoms with Crippen molar-refractivity contribution >= 4 is 5.70 Å². The minimum atomic E-state index is 1.07. The van der Waals surface area contributed by atoms with Crippen molar-refractivity contribution in [1.82, 2.24) is 0 Å². The van der Waals surface area contributed by atoms with Gasteiger partial charge in [0.1, 0.15) is 13.6 Å². The lowest BCUT2D eigenvalue weighted by Gasteiger charge is -2.15. The van der Waals surface area contributed by atoms with E-state index in [1.54, 1.807) is 0 Å². The van der Waals surface area contributed by atoms with E-state index in [1.165, 1.54) is 16.3 Å². The largest absolute Gasteiger partial charge is 0.296 e. The molecule has 1 atom stereocenters. The van der Waals surface area contributed by atoms with Crippen LogP contribution in [0, 0.1) is 0 Å². The number of nitrogens with zero attached hydrogens (tertiary/aromatic N) is 1. The zero-order valence-corrected chi connectivity index (χ0v) is 8.70. The third kappa shape index (κ3) is 1.61. The molecule has 1 unspecified atom stereocenters. The standard InChI is InChI=1S/C12H15N2/c1-13-9-5-3-7-11(13)12-8-4-6-10-14(12)2/h3-9H,10H2,1-2H3/q+1/p+1. The number of rotatable bonds is 1. The molecule has 0 aromatic carbocycles. The third-order valence-electron chi connectivity index (χ3n) is 2.61. The van der Waals surface area contributed by atoms with Crippen LogP contribution in [0.5, 0.6) is 0 Å². The van der Waals surface area contributed by atoms with Gasteiger partial charge in [0.2, 0.25) is 5.70 Å². The van der Waals surface area contributed by atoms with E-state index in [4.69, 9.17) is 0 Å². The molecule has 2 nitrogen and oxygen atoms in total. The van der Waals surface area contributed by atoms with E-state index < -0.39 is 0 Å². The Hall–Kier alpha value is -1.41. The van der Waals surface area contributed by atoms with E-state index in [-0.39, 0.29) is 0 Å². The van der Waals surface area contributed by atoms with E-state index in [0.29, 0.717) is 0 Å². The van der Waals surface area contributed by atoms with Gasteiger partial charge in [-0.2, -0.15) is 4.57 Å². The molecule has 0 radical (unpaired) electrons. The molecule has 0 saturated carbocycles. The van der Waals surface area contributed by atoms with Crippen molar-refractivity contribution in [2.75, 3.05) is 13.6 Å². The van der Waals surface area contributed by atoms with Crippen molar-refractivity contribution in [2.24, 2.45) is 7.05 Å². The highest BCUT2D eigenvalue weighted by molar-refractivity contribution is 5.54. The summed E-state index contributed by atoms with van der Waals surface area (Å²) in [5.41, 5.74) is 2.64. The Morgan fingerprint density at radius 1 is 1.36 bits per heavy atom. The summed E-state index contributed by atoms with van der Waals surface area (Å²) in [5.74, 6) is 0. The molecular formula is C12H16N2+2. The first-order chi connectivity index (χ1) is 6.79. The maximum absolute atomic E-state index is 2.20. The van der Waals surface area contributed by atoms with Crippen molar-refractivity contribution in [3.63, 3.8) is 0 Å². The molecule has 0 saturated heterocycles. The van der Waals surface area contributed by atoms with E-state index in [0.717, 1.165) is 6.54 Å². The van der Waals surface area contributed by atoms with Crippen molar-refractivity contribution in [2.45, 2.75) is 0 Å². The molecule has 2 rings (SSSR count). The number of aromatic nitrogens is 1. The van der Waals surface area contributed by atoms with Gasteiger partial charge in [0.05, 0.1) is 7.05 Å². The van der Waals surface area contributed by atoms with Gasteiger partial charge < -0.3 is 0 Å². The summed E-state index contributed by atoms with van der Waals surface area (Å²) >= 11 is 0. The van der Waals surface area contributed by atoms with Crippen LogP contribution >= 0.6 is 0 Å². The molecule has 2 heteroatoms. The Bertz CT molecular complexity index is 391. The molecule has 0 bridgehead atoms. The highest BCUT2D eigenvalue weighted by atomic mass is 15.1. The molecule has 2 heterocycles. The van der Waals surface area contributed by atoms with E-state index in [9.17, 15) is 0 Å². The van der Waals surface area contributed by atoms with E-state index >= 15 is 0 Å². The van der Waals surface area contributed by atoms with Gasteiger partial charge in [0.15, 0.2) is 6.20 Å². The Morgan fingerprint density at radius 3 is 2.93 bits per heavy atom. The summed E-state index contributed by atoms with van der Waals surface area (Å²) in [6.07, 6.45) is 8.60. The van der Waals surface area contributed by atoms with Crippen LogP contribution in [0.15, 0.2) is 42.6 Å². The normalized spacial score (nSPS) is 20.7. The third-order valence-corrected chi connectivity index (χ3v) is 2.61. The average molecular weight is 188 g/mol. The monoisotopic (exact) mass is 188 g/mol. The number of nitrogens with one attached hydrogen (secondary N) is 1. The summed E-state index contributed by atoms with van der Waals surface area (Å²) < 4.78 is 2.16. The van der Waals surface area contributed by atoms with Crippen LogP contribution in [0.25, 0.3) is 5.70 Å². The SMILES string of the molecule is C[n+]1ccccc1C1=CC=CC[NH+]1C. The molecule has 0 spiro atoms. The van der Waals surface area contributed by atoms with Gasteiger partial charge in [-0.15, -0.1) is 0 Å². The average Bonchev–Trinajstić information content (AvgIpc) is 2.20. The highest BCUT2D eigenvalue weighted by Crippen LogP contribution is 2.03. The maximum atomic E-state index is 2.20. The van der Waals surface area contributed by atoms with Gasteiger partial charge in [-0.1, -0.05) is 6.08 Å². The number of pyridine rings is 1. The van der Waals surface area contributed by atoms with Gasteiger partial charge in [-0.25, -0.2) is 0 Å². The zero-order valence-electron chi connectivity index (χ0n) is 8.70. The second-order valence-electron chi connectivity index (χ2n) is 3.69. The fourth-order valence-corrected chi connectivity index (χ4v) is 1.77. The predicted molar refractivity (Wildman–Crippen MR) is 56.5 cm³/mol. The predicted octanol–water partition coefficient (Wildman–Crippen LogP) is -0.0635. The van der Waals surface area contributed by atoms with Gasteiger partial charge in [-0.05, 0) is 12.1 Å². The molecule has 1 aromatic rings. The maximum Gasteiger partial charge on any atom is 0.266 e. The van der Waals surface area contributed by atoms with Gasteiger partial charge >= 0.3 is 0 Å². The van der Waals surface area contributed by atoms with Crippen LogP contribution in [0.2, 0.25) is 0 Å². The summed E-state index contributed by atoms with van der Waals surface area (Å²) in [7, 11) is 4.28. The van der Waals surface area contributed by atoms with Gasteiger partial charge in [-0.3, -0.25) is 4.90 Å². The van der Waals surface area contributed by atoms with Crippen LogP contribution in [0.1, 0.15) is 5.69 Å². The number of quaternary nitrogens is 1. The molecule has 1 aromatic heterocycles. The van der Waals surface area contributed by atoms with Crippen molar-refractivity contribution < 1.29 is 9.47 Å². The molecular weight excluding hydrogens is 172 g/mol. The first-order valence-corrected chi connectivity index (χ1v) is 4.93. The fourth-order valence-electron chi connectivity index (χ4n) is 1.77. The number of allylic oxidation sites excluding steroid dienone is 2. The minimum absolute atomic E-state index is 1.07. The lowest BCUT2D eigenvalue weighted by Crippen LogP contribution is -3.06. The molecule has 0 amide bonds. The molecule has 72 valence electrons. The van der Waals surface area contributed by atoms with Crippen LogP contribution in [-0.2, 0) is 7.05 Å². The quantitative estimate of drug-likeness (QED) is 0.591. The Kier molecular flexibility index (Phi) is 2.46. The van der Waals surface area contributed by atoms with Crippen molar-refractivity contribution in [1.29, 1.82) is 0 Å². The number of hydrogen-bond acceptors (Lipinski definition) is 0. The molecule has 14 heavy (non-hydrogen) atoms. The summed E-state index contributed by atoms with van der Waals surface area (Å²) in [6, 6.07) is 6.30. The van der Waals surface area contributed by atoms with E-state index in [2.05, 4.69) is 61.3 Å². The van der Waals surface area contributed by atoms with Crippen molar-refractivity contribution in [3.05, 3.63) is 48.3 Å². The lowest BCUT2D eigenvalue weighted by atomic mass is 10.2. The number of likely N-dealkylation sites (N-methyl/N-ethyl adjacent to an activating group) is 1. The summed E-state index contributed by atoms with van der Waals surface area (Å²) in [5, 5.41) is 0. The Balaban J connectivity index is 2.44. The fraction of sp³-hybridized carbons (Fsp3) is 0.250. The first kappa shape index (κ1) is 9.16. The first-order valence-electron chi connectivity index (χ1n) is 4.93. The summed E-state index contributed by atoms with van der Waals surface area (Å²) in [6.45, 7) is 1.07. The molecule has 0 aliphatic carbocycles. The van der Waals surface area contributed by atoms with Crippen molar-refractivity contribution in [3.8, 4) is 0 Å². The minimum Gasteiger partial charge on any atom is -0.296 e. The second kappa shape index (κ2) is 3.76. The zero-order chi connectivity index (χ0) is 9.97. The Labute approximate surface area is 84.8 Å². The number of hydrogen-bond donors (Lipinski definition) is 1. The van der Waals surface area contributed by atoms with Crippen LogP contribution in [0.3, 0.4) is 0 Å². The van der Waals surface area contributed by atoms with Crippen LogP contribution in [-0.4, -0.2) is 13.6 Å². The van der Waals surface area contributed by atoms with E-state index in [1.807, 2.05) is 0 Å².